The fourth-order valence-corrected chi connectivity index (χ4v) is 1.48. The van der Waals surface area contributed by atoms with Crippen molar-refractivity contribution >= 4 is 0 Å². The molecular weight excluding hydrogens is 156 g/mol. The first kappa shape index (κ1) is 10.0. The molecule has 0 atom stereocenters. The van der Waals surface area contributed by atoms with E-state index < -0.39 is 0 Å². The number of hydrogen-bond acceptors (Lipinski definition) is 0. The van der Waals surface area contributed by atoms with Gasteiger partial charge >= 0.3 is 0 Å². The molecule has 0 saturated carbocycles. The van der Waals surface area contributed by atoms with Crippen LogP contribution < -0.4 is 0 Å². The Morgan fingerprint density at radius 1 is 1.38 bits per heavy atom. The van der Waals surface area contributed by atoms with Gasteiger partial charge in [0, 0.05) is 0 Å². The summed E-state index contributed by atoms with van der Waals surface area (Å²) in [6, 6.07) is 0. The van der Waals surface area contributed by atoms with E-state index in [1.807, 2.05) is 0 Å². The lowest BCUT2D eigenvalue weighted by atomic mass is 9.99. The molecule has 0 nitrogen and oxygen atoms in total. The van der Waals surface area contributed by atoms with Gasteiger partial charge in [-0.1, -0.05) is 42.9 Å². The van der Waals surface area contributed by atoms with Crippen LogP contribution in [0.15, 0.2) is 47.1 Å². The lowest BCUT2D eigenvalue weighted by Gasteiger charge is -2.06. The van der Waals surface area contributed by atoms with Gasteiger partial charge in [0.1, 0.15) is 0 Å². The third kappa shape index (κ3) is 2.45. The van der Waals surface area contributed by atoms with Gasteiger partial charge in [0.25, 0.3) is 0 Å². The molecule has 0 saturated heterocycles. The summed E-state index contributed by atoms with van der Waals surface area (Å²) < 4.78 is 0. The summed E-state index contributed by atoms with van der Waals surface area (Å²) in [7, 11) is 0. The Hall–Kier alpha value is -1.04. The number of rotatable bonds is 1. The molecule has 1 aliphatic carbocycles. The molecule has 1 aliphatic rings. The molecule has 0 spiro atoms. The second kappa shape index (κ2) is 4.86. The van der Waals surface area contributed by atoms with Gasteiger partial charge in [-0.25, -0.2) is 0 Å². The van der Waals surface area contributed by atoms with Crippen molar-refractivity contribution in [2.24, 2.45) is 0 Å². The SMILES string of the molecule is C/C=C1/C=CCC=C/C1=C(\C)CC. The highest BCUT2D eigenvalue weighted by Gasteiger charge is 2.02. The normalized spacial score (nSPS) is 23.5. The van der Waals surface area contributed by atoms with E-state index in [1.54, 1.807) is 0 Å². The van der Waals surface area contributed by atoms with E-state index in [-0.39, 0.29) is 0 Å². The standard InChI is InChI=1S/C13H18/c1-4-11(3)13-10-8-6-7-9-12(13)5-2/h5,7-10H,4,6H2,1-3H3/b12-5-,13-11-. The summed E-state index contributed by atoms with van der Waals surface area (Å²) >= 11 is 0. The van der Waals surface area contributed by atoms with Gasteiger partial charge in [-0.2, -0.15) is 0 Å². The quantitative estimate of drug-likeness (QED) is 0.559. The molecule has 0 fully saturated rings. The molecule has 0 N–H and O–H groups in total. The molecule has 0 aromatic carbocycles. The Morgan fingerprint density at radius 2 is 2.08 bits per heavy atom. The molecular formula is C13H18. The van der Waals surface area contributed by atoms with Crippen molar-refractivity contribution in [3.8, 4) is 0 Å². The van der Waals surface area contributed by atoms with Gasteiger partial charge in [-0.15, -0.1) is 0 Å². The van der Waals surface area contributed by atoms with Crippen molar-refractivity contribution in [3.05, 3.63) is 47.1 Å². The smallest absolute Gasteiger partial charge is 0.0162 e. The Balaban J connectivity index is 3.12. The van der Waals surface area contributed by atoms with Crippen LogP contribution in [-0.2, 0) is 0 Å². The van der Waals surface area contributed by atoms with Crippen molar-refractivity contribution in [3.63, 3.8) is 0 Å². The van der Waals surface area contributed by atoms with Gasteiger partial charge in [0.2, 0.25) is 0 Å². The van der Waals surface area contributed by atoms with Crippen LogP contribution in [0.2, 0.25) is 0 Å². The fraction of sp³-hybridized carbons (Fsp3) is 0.385. The molecule has 0 aliphatic heterocycles. The van der Waals surface area contributed by atoms with Crippen LogP contribution in [0.4, 0.5) is 0 Å². The molecule has 0 unspecified atom stereocenters. The average molecular weight is 174 g/mol. The summed E-state index contributed by atoms with van der Waals surface area (Å²) in [4.78, 5) is 0. The maximum atomic E-state index is 2.24. The van der Waals surface area contributed by atoms with Gasteiger partial charge in [0.05, 0.1) is 0 Å². The molecule has 0 amide bonds. The van der Waals surface area contributed by atoms with Gasteiger partial charge in [-0.3, -0.25) is 0 Å². The highest BCUT2D eigenvalue weighted by molar-refractivity contribution is 5.50. The minimum Gasteiger partial charge on any atom is -0.0801 e. The number of hydrogen-bond donors (Lipinski definition) is 0. The fourth-order valence-electron chi connectivity index (χ4n) is 1.48. The van der Waals surface area contributed by atoms with Crippen LogP contribution in [-0.4, -0.2) is 0 Å². The van der Waals surface area contributed by atoms with E-state index in [1.165, 1.54) is 16.7 Å². The molecule has 0 heterocycles. The highest BCUT2D eigenvalue weighted by Crippen LogP contribution is 2.22. The summed E-state index contributed by atoms with van der Waals surface area (Å²) in [5, 5.41) is 0. The Labute approximate surface area is 81.4 Å². The minimum atomic E-state index is 1.05. The zero-order chi connectivity index (χ0) is 9.68. The van der Waals surface area contributed by atoms with Crippen molar-refractivity contribution in [2.45, 2.75) is 33.6 Å². The summed E-state index contributed by atoms with van der Waals surface area (Å²) in [5.41, 5.74) is 4.22. The van der Waals surface area contributed by atoms with E-state index in [2.05, 4.69) is 51.2 Å². The Bertz CT molecular complexity index is 285. The number of allylic oxidation sites excluding steroid dienone is 8. The molecule has 0 radical (unpaired) electrons. The molecule has 0 aromatic rings. The second-order valence-electron chi connectivity index (χ2n) is 3.33. The Morgan fingerprint density at radius 3 is 2.69 bits per heavy atom. The predicted octanol–water partition coefficient (Wildman–Crippen LogP) is 4.18. The third-order valence-corrected chi connectivity index (χ3v) is 2.47. The van der Waals surface area contributed by atoms with Crippen LogP contribution in [0.5, 0.6) is 0 Å². The zero-order valence-electron chi connectivity index (χ0n) is 8.80. The van der Waals surface area contributed by atoms with Crippen molar-refractivity contribution in [1.29, 1.82) is 0 Å². The molecule has 70 valence electrons. The monoisotopic (exact) mass is 174 g/mol. The predicted molar refractivity (Wildman–Crippen MR) is 59.6 cm³/mol. The summed E-state index contributed by atoms with van der Waals surface area (Å²) in [6.45, 7) is 6.52. The molecule has 0 aromatic heterocycles. The van der Waals surface area contributed by atoms with E-state index >= 15 is 0 Å². The summed E-state index contributed by atoms with van der Waals surface area (Å²) in [5.74, 6) is 0. The third-order valence-electron chi connectivity index (χ3n) is 2.47. The maximum Gasteiger partial charge on any atom is -0.0162 e. The lowest BCUT2D eigenvalue weighted by molar-refractivity contribution is 1.08. The first-order valence-corrected chi connectivity index (χ1v) is 4.99. The molecule has 1 rings (SSSR count). The first-order chi connectivity index (χ1) is 6.29. The maximum absolute atomic E-state index is 2.24. The van der Waals surface area contributed by atoms with Crippen LogP contribution >= 0.6 is 0 Å². The van der Waals surface area contributed by atoms with E-state index in [0.29, 0.717) is 0 Å². The topological polar surface area (TPSA) is 0 Å². The van der Waals surface area contributed by atoms with E-state index in [4.69, 9.17) is 0 Å². The van der Waals surface area contributed by atoms with Gasteiger partial charge < -0.3 is 0 Å². The first-order valence-electron chi connectivity index (χ1n) is 4.99. The van der Waals surface area contributed by atoms with Crippen molar-refractivity contribution < 1.29 is 0 Å². The largest absolute Gasteiger partial charge is 0.0801 e. The molecule has 0 bridgehead atoms. The zero-order valence-corrected chi connectivity index (χ0v) is 8.80. The van der Waals surface area contributed by atoms with Crippen LogP contribution in [0.1, 0.15) is 33.6 Å². The Kier molecular flexibility index (Phi) is 3.75. The van der Waals surface area contributed by atoms with Crippen LogP contribution in [0.3, 0.4) is 0 Å². The van der Waals surface area contributed by atoms with Crippen molar-refractivity contribution in [2.75, 3.05) is 0 Å². The van der Waals surface area contributed by atoms with E-state index in [0.717, 1.165) is 12.8 Å². The average Bonchev–Trinajstić information content (AvgIpc) is 2.41. The second-order valence-corrected chi connectivity index (χ2v) is 3.33. The summed E-state index contributed by atoms with van der Waals surface area (Å²) in [6.07, 6.45) is 13.3. The van der Waals surface area contributed by atoms with Gasteiger partial charge in [0.15, 0.2) is 0 Å². The lowest BCUT2D eigenvalue weighted by Crippen LogP contribution is -1.87. The van der Waals surface area contributed by atoms with Crippen LogP contribution in [0, 0.1) is 0 Å². The van der Waals surface area contributed by atoms with Gasteiger partial charge in [-0.05, 0) is 37.8 Å². The van der Waals surface area contributed by atoms with Crippen molar-refractivity contribution in [1.82, 2.24) is 0 Å². The van der Waals surface area contributed by atoms with Crippen LogP contribution in [0.25, 0.3) is 0 Å². The highest BCUT2D eigenvalue weighted by atomic mass is 14.1. The van der Waals surface area contributed by atoms with E-state index in [9.17, 15) is 0 Å². The molecule has 13 heavy (non-hydrogen) atoms. The minimum absolute atomic E-state index is 1.05. The molecule has 0 heteroatoms.